The molecule has 1 unspecified atom stereocenters. The molecule has 0 heterocycles. The summed E-state index contributed by atoms with van der Waals surface area (Å²) in [5, 5.41) is 8.67. The Morgan fingerprint density at radius 3 is 2.46 bits per heavy atom. The van der Waals surface area contributed by atoms with Crippen LogP contribution in [-0.4, -0.2) is 17.4 Å². The molecule has 1 atom stereocenters. The zero-order valence-electron chi connectivity index (χ0n) is 15.3. The van der Waals surface area contributed by atoms with Gasteiger partial charge in [0.15, 0.2) is 0 Å². The van der Waals surface area contributed by atoms with Gasteiger partial charge in [0, 0.05) is 12.0 Å². The molecule has 0 aromatic heterocycles. The van der Waals surface area contributed by atoms with Crippen molar-refractivity contribution in [2.75, 3.05) is 0 Å². The minimum atomic E-state index is -0.940. The van der Waals surface area contributed by atoms with E-state index in [4.69, 9.17) is 5.11 Å². The summed E-state index contributed by atoms with van der Waals surface area (Å²) in [6.45, 7) is 10.2. The highest BCUT2D eigenvalue weighted by Gasteiger charge is 2.31. The molecule has 24 heavy (non-hydrogen) atoms. The minimum absolute atomic E-state index is 0.0330. The second kappa shape index (κ2) is 8.62. The van der Waals surface area contributed by atoms with Crippen molar-refractivity contribution in [1.82, 2.24) is 0 Å². The van der Waals surface area contributed by atoms with Crippen LogP contribution in [0.2, 0.25) is 0 Å². The molecule has 0 aliphatic heterocycles. The lowest BCUT2D eigenvalue weighted by Gasteiger charge is -2.35. The highest BCUT2D eigenvalue weighted by Crippen LogP contribution is 2.42. The fourth-order valence-electron chi connectivity index (χ4n) is 2.99. The largest absolute Gasteiger partial charge is 0.478 e. The third-order valence-electron chi connectivity index (χ3n) is 4.54. The summed E-state index contributed by atoms with van der Waals surface area (Å²) in [6.07, 6.45) is 13.9. The third-order valence-corrected chi connectivity index (χ3v) is 4.54. The van der Waals surface area contributed by atoms with Crippen LogP contribution >= 0.6 is 0 Å². The Morgan fingerprint density at radius 1 is 1.21 bits per heavy atom. The second-order valence-electron chi connectivity index (χ2n) is 7.09. The van der Waals surface area contributed by atoms with E-state index < -0.39 is 5.97 Å². The van der Waals surface area contributed by atoms with Crippen molar-refractivity contribution in [3.8, 4) is 0 Å². The number of aldehydes is 1. The Balaban J connectivity index is 2.93. The predicted octanol–water partition coefficient (Wildman–Crippen LogP) is 5.03. The Labute approximate surface area is 145 Å². The van der Waals surface area contributed by atoms with E-state index in [2.05, 4.69) is 26.8 Å². The minimum Gasteiger partial charge on any atom is -0.478 e. The molecule has 0 radical (unpaired) electrons. The van der Waals surface area contributed by atoms with Crippen molar-refractivity contribution in [2.24, 2.45) is 11.3 Å². The van der Waals surface area contributed by atoms with Crippen LogP contribution in [0.1, 0.15) is 47.5 Å². The second-order valence-corrected chi connectivity index (χ2v) is 7.09. The van der Waals surface area contributed by atoms with Gasteiger partial charge in [-0.3, -0.25) is 0 Å². The molecule has 1 aliphatic carbocycles. The quantitative estimate of drug-likeness (QED) is 0.423. The summed E-state index contributed by atoms with van der Waals surface area (Å²) < 4.78 is 0. The molecule has 3 heteroatoms. The van der Waals surface area contributed by atoms with Gasteiger partial charge in [-0.15, -0.1) is 0 Å². The Kier molecular flexibility index (Phi) is 7.15. The highest BCUT2D eigenvalue weighted by atomic mass is 16.4. The van der Waals surface area contributed by atoms with Crippen LogP contribution in [0.4, 0.5) is 0 Å². The van der Waals surface area contributed by atoms with Gasteiger partial charge in [0.25, 0.3) is 0 Å². The fourth-order valence-corrected chi connectivity index (χ4v) is 2.99. The maximum atomic E-state index is 11.2. The van der Waals surface area contributed by atoms with E-state index in [9.17, 15) is 9.59 Å². The molecule has 130 valence electrons. The van der Waals surface area contributed by atoms with Gasteiger partial charge in [-0.1, -0.05) is 55.4 Å². The van der Waals surface area contributed by atoms with Crippen molar-refractivity contribution in [2.45, 2.75) is 47.5 Å². The van der Waals surface area contributed by atoms with E-state index in [1.807, 2.05) is 25.2 Å². The highest BCUT2D eigenvalue weighted by molar-refractivity contribution is 5.81. The molecule has 0 amide bonds. The van der Waals surface area contributed by atoms with E-state index in [1.54, 1.807) is 13.0 Å². The van der Waals surface area contributed by atoms with Gasteiger partial charge >= 0.3 is 5.97 Å². The van der Waals surface area contributed by atoms with Gasteiger partial charge < -0.3 is 9.90 Å². The van der Waals surface area contributed by atoms with Gasteiger partial charge in [0.2, 0.25) is 0 Å². The monoisotopic (exact) mass is 328 g/mol. The SMILES string of the molecule is CC1=C(/C=C/C(C)=C/C=C/C(C)=C/C(=O)O)C(C)(C)CCC1C=O. The first-order valence-corrected chi connectivity index (χ1v) is 8.28. The molecule has 0 saturated carbocycles. The summed E-state index contributed by atoms with van der Waals surface area (Å²) in [4.78, 5) is 21.8. The smallest absolute Gasteiger partial charge is 0.328 e. The zero-order chi connectivity index (χ0) is 18.3. The van der Waals surface area contributed by atoms with Gasteiger partial charge in [0.1, 0.15) is 6.29 Å². The number of carbonyl (C=O) groups is 2. The molecule has 0 bridgehead atoms. The number of hydrogen-bond donors (Lipinski definition) is 1. The van der Waals surface area contributed by atoms with E-state index in [1.165, 1.54) is 17.2 Å². The normalized spacial score (nSPS) is 22.5. The number of rotatable bonds is 6. The molecule has 0 fully saturated rings. The molecule has 0 spiro atoms. The average molecular weight is 328 g/mol. The average Bonchev–Trinajstić information content (AvgIpc) is 2.45. The van der Waals surface area contributed by atoms with Crippen LogP contribution in [0.15, 0.2) is 58.7 Å². The summed E-state index contributed by atoms with van der Waals surface area (Å²) in [5.74, 6) is -0.907. The van der Waals surface area contributed by atoms with E-state index in [-0.39, 0.29) is 11.3 Å². The number of allylic oxidation sites excluding steroid dienone is 9. The van der Waals surface area contributed by atoms with Crippen molar-refractivity contribution < 1.29 is 14.7 Å². The van der Waals surface area contributed by atoms with E-state index >= 15 is 0 Å². The topological polar surface area (TPSA) is 54.4 Å². The van der Waals surface area contributed by atoms with Crippen molar-refractivity contribution in [3.63, 3.8) is 0 Å². The van der Waals surface area contributed by atoms with Crippen LogP contribution in [-0.2, 0) is 9.59 Å². The molecule has 1 N–H and O–H groups in total. The maximum absolute atomic E-state index is 11.2. The standard InChI is InChI=1S/C21H28O3/c1-15(7-6-8-16(2)13-20(23)24)9-10-19-17(3)18(14-22)11-12-21(19,4)5/h6-10,13-14,18H,11-12H2,1-5H3,(H,23,24)/b8-6+,10-9+,15-7+,16-13+. The van der Waals surface area contributed by atoms with Gasteiger partial charge in [-0.05, 0) is 50.2 Å². The first kappa shape index (κ1) is 19.9. The maximum Gasteiger partial charge on any atom is 0.328 e. The van der Waals surface area contributed by atoms with E-state index in [0.29, 0.717) is 5.57 Å². The Bertz CT molecular complexity index is 640. The summed E-state index contributed by atoms with van der Waals surface area (Å²) in [5.41, 5.74) is 4.25. The zero-order valence-corrected chi connectivity index (χ0v) is 15.3. The third kappa shape index (κ3) is 5.80. The Morgan fingerprint density at radius 2 is 1.88 bits per heavy atom. The first-order chi connectivity index (χ1) is 11.2. The molecule has 0 aromatic rings. The lowest BCUT2D eigenvalue weighted by atomic mass is 9.69. The van der Waals surface area contributed by atoms with Crippen LogP contribution in [0.25, 0.3) is 0 Å². The van der Waals surface area contributed by atoms with Crippen LogP contribution < -0.4 is 0 Å². The van der Waals surface area contributed by atoms with Gasteiger partial charge in [-0.25, -0.2) is 4.79 Å². The first-order valence-electron chi connectivity index (χ1n) is 8.28. The molecule has 0 aromatic carbocycles. The molecule has 0 saturated heterocycles. The molecular weight excluding hydrogens is 300 g/mol. The van der Waals surface area contributed by atoms with Gasteiger partial charge in [-0.2, -0.15) is 0 Å². The van der Waals surface area contributed by atoms with Gasteiger partial charge in [0.05, 0.1) is 0 Å². The molecule has 3 nitrogen and oxygen atoms in total. The number of carboxylic acid groups (broad SMARTS) is 1. The van der Waals surface area contributed by atoms with Crippen LogP contribution in [0, 0.1) is 11.3 Å². The van der Waals surface area contributed by atoms with Crippen molar-refractivity contribution >= 4 is 12.3 Å². The lowest BCUT2D eigenvalue weighted by Crippen LogP contribution is -2.25. The summed E-state index contributed by atoms with van der Waals surface area (Å²) >= 11 is 0. The summed E-state index contributed by atoms with van der Waals surface area (Å²) in [6, 6.07) is 0. The van der Waals surface area contributed by atoms with Crippen molar-refractivity contribution in [3.05, 3.63) is 58.7 Å². The Hall–Kier alpha value is -2.16. The number of aliphatic carboxylic acids is 1. The molecule has 1 aliphatic rings. The summed E-state index contributed by atoms with van der Waals surface area (Å²) in [7, 11) is 0. The van der Waals surface area contributed by atoms with E-state index in [0.717, 1.165) is 24.7 Å². The fraction of sp³-hybridized carbons (Fsp3) is 0.429. The van der Waals surface area contributed by atoms with Crippen LogP contribution in [0.5, 0.6) is 0 Å². The molecule has 1 rings (SSSR count). The van der Waals surface area contributed by atoms with Crippen molar-refractivity contribution in [1.29, 1.82) is 0 Å². The number of carbonyl (C=O) groups excluding carboxylic acids is 1. The lowest BCUT2D eigenvalue weighted by molar-refractivity contribution is -0.131. The van der Waals surface area contributed by atoms with Crippen LogP contribution in [0.3, 0.4) is 0 Å². The predicted molar refractivity (Wildman–Crippen MR) is 98.7 cm³/mol. The number of hydrogen-bond acceptors (Lipinski definition) is 2. The number of carboxylic acids is 1. The molecular formula is C21H28O3.